The first-order chi connectivity index (χ1) is 9.97. The number of hydrogen-bond donors (Lipinski definition) is 1. The van der Waals surface area contributed by atoms with Crippen molar-refractivity contribution in [3.05, 3.63) is 33.8 Å². The van der Waals surface area contributed by atoms with Crippen molar-refractivity contribution in [2.45, 2.75) is 12.5 Å². The van der Waals surface area contributed by atoms with Crippen LogP contribution in [-0.2, 0) is 19.1 Å². The van der Waals surface area contributed by atoms with Gasteiger partial charge in [0.05, 0.1) is 16.7 Å². The maximum atomic E-state index is 11.8. The molecule has 21 heavy (non-hydrogen) atoms. The van der Waals surface area contributed by atoms with E-state index in [1.807, 2.05) is 0 Å². The summed E-state index contributed by atoms with van der Waals surface area (Å²) >= 11 is 11.5. The molecule has 0 spiro atoms. The van der Waals surface area contributed by atoms with E-state index in [2.05, 4.69) is 10.1 Å². The molecule has 112 valence electrons. The van der Waals surface area contributed by atoms with E-state index in [1.54, 1.807) is 0 Å². The van der Waals surface area contributed by atoms with Crippen LogP contribution in [0.4, 0.5) is 0 Å². The molecule has 0 aliphatic carbocycles. The lowest BCUT2D eigenvalue weighted by atomic mass is 10.2. The molecule has 0 bridgehead atoms. The van der Waals surface area contributed by atoms with Gasteiger partial charge in [-0.1, -0.05) is 23.2 Å². The van der Waals surface area contributed by atoms with Crippen molar-refractivity contribution < 1.29 is 23.9 Å². The van der Waals surface area contributed by atoms with Crippen LogP contribution in [0.1, 0.15) is 16.8 Å². The fraction of sp³-hybridized carbons (Fsp3) is 0.308. The summed E-state index contributed by atoms with van der Waals surface area (Å²) < 4.78 is 9.53. The van der Waals surface area contributed by atoms with Crippen LogP contribution in [0.3, 0.4) is 0 Å². The van der Waals surface area contributed by atoms with Gasteiger partial charge < -0.3 is 14.8 Å². The number of cyclic esters (lactones) is 1. The van der Waals surface area contributed by atoms with Crippen LogP contribution in [0.15, 0.2) is 18.2 Å². The molecule has 1 amide bonds. The fourth-order valence-electron chi connectivity index (χ4n) is 1.68. The molecule has 6 nitrogen and oxygen atoms in total. The number of halogens is 2. The standard InChI is InChI=1S/C13H11Cl2NO5/c14-8-2-1-7(5-9(8)15)12(18)16-6-11(17)21-10-3-4-20-13(10)19/h1-2,5,10H,3-4,6H2,(H,16,18)/t10-/m0/s1. The molecule has 1 aliphatic heterocycles. The average molecular weight is 332 g/mol. The highest BCUT2D eigenvalue weighted by molar-refractivity contribution is 6.42. The topological polar surface area (TPSA) is 81.7 Å². The van der Waals surface area contributed by atoms with Gasteiger partial charge in [0, 0.05) is 12.0 Å². The Morgan fingerprint density at radius 2 is 2.10 bits per heavy atom. The first kappa shape index (κ1) is 15.6. The number of carbonyl (C=O) groups excluding carboxylic acids is 3. The third-order valence-electron chi connectivity index (χ3n) is 2.74. The lowest BCUT2D eigenvalue weighted by molar-refractivity contribution is -0.159. The number of amides is 1. The zero-order valence-corrected chi connectivity index (χ0v) is 12.2. The van der Waals surface area contributed by atoms with E-state index in [4.69, 9.17) is 27.9 Å². The molecule has 0 saturated carbocycles. The highest BCUT2D eigenvalue weighted by atomic mass is 35.5. The Labute approximate surface area is 130 Å². The predicted molar refractivity (Wildman–Crippen MR) is 74.3 cm³/mol. The normalized spacial score (nSPS) is 17.2. The third kappa shape index (κ3) is 4.09. The summed E-state index contributed by atoms with van der Waals surface area (Å²) in [5.74, 6) is -1.79. The van der Waals surface area contributed by atoms with Gasteiger partial charge in [-0.3, -0.25) is 9.59 Å². The van der Waals surface area contributed by atoms with Gasteiger partial charge in [-0.2, -0.15) is 0 Å². The van der Waals surface area contributed by atoms with Crippen LogP contribution in [-0.4, -0.2) is 37.1 Å². The minimum absolute atomic E-state index is 0.229. The second-order valence-electron chi connectivity index (χ2n) is 4.25. The Morgan fingerprint density at radius 3 is 2.71 bits per heavy atom. The number of carbonyl (C=O) groups is 3. The molecule has 8 heteroatoms. The molecule has 1 heterocycles. The van der Waals surface area contributed by atoms with E-state index in [0.717, 1.165) is 0 Å². The molecular weight excluding hydrogens is 321 g/mol. The molecule has 0 unspecified atom stereocenters. The fourth-order valence-corrected chi connectivity index (χ4v) is 1.97. The van der Waals surface area contributed by atoms with Crippen molar-refractivity contribution in [3.8, 4) is 0 Å². The van der Waals surface area contributed by atoms with Gasteiger partial charge in [0.1, 0.15) is 6.54 Å². The molecule has 1 aromatic carbocycles. The zero-order valence-electron chi connectivity index (χ0n) is 10.7. The lowest BCUT2D eigenvalue weighted by Crippen LogP contribution is -2.33. The van der Waals surface area contributed by atoms with Gasteiger partial charge in [0.15, 0.2) is 0 Å². The SMILES string of the molecule is O=C(CNC(=O)c1ccc(Cl)c(Cl)c1)O[C@H]1CCOC1=O. The summed E-state index contributed by atoms with van der Waals surface area (Å²) in [6.45, 7) is -0.130. The number of hydrogen-bond acceptors (Lipinski definition) is 5. The van der Waals surface area contributed by atoms with Crippen LogP contribution in [0.25, 0.3) is 0 Å². The second kappa shape index (κ2) is 6.78. The van der Waals surface area contributed by atoms with E-state index in [0.29, 0.717) is 11.4 Å². The molecule has 2 rings (SSSR count). The summed E-state index contributed by atoms with van der Waals surface area (Å²) in [4.78, 5) is 34.4. The Kier molecular flexibility index (Phi) is 5.03. The largest absolute Gasteiger partial charge is 0.463 e. The smallest absolute Gasteiger partial charge is 0.347 e. The number of rotatable bonds is 4. The third-order valence-corrected chi connectivity index (χ3v) is 3.48. The summed E-state index contributed by atoms with van der Waals surface area (Å²) in [5, 5.41) is 2.93. The van der Waals surface area contributed by atoms with Crippen LogP contribution in [0.5, 0.6) is 0 Å². The van der Waals surface area contributed by atoms with Gasteiger partial charge in [-0.15, -0.1) is 0 Å². The molecule has 1 fully saturated rings. The quantitative estimate of drug-likeness (QED) is 0.847. The zero-order chi connectivity index (χ0) is 15.4. The van der Waals surface area contributed by atoms with Crippen molar-refractivity contribution in [2.24, 2.45) is 0 Å². The number of nitrogens with one attached hydrogen (secondary N) is 1. The molecule has 1 N–H and O–H groups in total. The monoisotopic (exact) mass is 331 g/mol. The number of ether oxygens (including phenoxy) is 2. The van der Waals surface area contributed by atoms with E-state index in [1.165, 1.54) is 18.2 Å². The van der Waals surface area contributed by atoms with Crippen molar-refractivity contribution in [2.75, 3.05) is 13.2 Å². The molecule has 1 aromatic rings. The van der Waals surface area contributed by atoms with Crippen LogP contribution in [0, 0.1) is 0 Å². The van der Waals surface area contributed by atoms with Crippen molar-refractivity contribution in [3.63, 3.8) is 0 Å². The first-order valence-electron chi connectivity index (χ1n) is 6.07. The second-order valence-corrected chi connectivity index (χ2v) is 5.06. The summed E-state index contributed by atoms with van der Waals surface area (Å²) in [6, 6.07) is 4.34. The maximum Gasteiger partial charge on any atom is 0.347 e. The van der Waals surface area contributed by atoms with Crippen LogP contribution >= 0.6 is 23.2 Å². The average Bonchev–Trinajstić information content (AvgIpc) is 2.84. The lowest BCUT2D eigenvalue weighted by Gasteiger charge is -2.09. The minimum Gasteiger partial charge on any atom is -0.463 e. The summed E-state index contributed by atoms with van der Waals surface area (Å²) in [5.41, 5.74) is 0.262. The molecule has 0 aromatic heterocycles. The predicted octanol–water partition coefficient (Wildman–Crippen LogP) is 1.58. The molecule has 1 aliphatic rings. The van der Waals surface area contributed by atoms with Crippen molar-refractivity contribution in [1.82, 2.24) is 5.32 Å². The first-order valence-corrected chi connectivity index (χ1v) is 6.82. The Bertz CT molecular complexity index is 590. The van der Waals surface area contributed by atoms with Crippen LogP contribution < -0.4 is 5.32 Å². The Balaban J connectivity index is 1.84. The molecular formula is C13H11Cl2NO5. The van der Waals surface area contributed by atoms with E-state index >= 15 is 0 Å². The Hall–Kier alpha value is -1.79. The van der Waals surface area contributed by atoms with Gasteiger partial charge in [-0.25, -0.2) is 4.79 Å². The molecule has 1 saturated heterocycles. The van der Waals surface area contributed by atoms with E-state index in [9.17, 15) is 14.4 Å². The Morgan fingerprint density at radius 1 is 1.33 bits per heavy atom. The highest BCUT2D eigenvalue weighted by Crippen LogP contribution is 2.22. The van der Waals surface area contributed by atoms with Gasteiger partial charge in [0.2, 0.25) is 6.10 Å². The van der Waals surface area contributed by atoms with E-state index in [-0.39, 0.29) is 23.7 Å². The van der Waals surface area contributed by atoms with Crippen molar-refractivity contribution >= 4 is 41.0 Å². The minimum atomic E-state index is -0.889. The number of esters is 2. The molecule has 1 atom stereocenters. The van der Waals surface area contributed by atoms with Gasteiger partial charge in [0.25, 0.3) is 5.91 Å². The van der Waals surface area contributed by atoms with E-state index < -0.39 is 23.9 Å². The van der Waals surface area contributed by atoms with Crippen molar-refractivity contribution in [1.29, 1.82) is 0 Å². The van der Waals surface area contributed by atoms with Crippen LogP contribution in [0.2, 0.25) is 10.0 Å². The maximum absolute atomic E-state index is 11.8. The summed E-state index contributed by atoms with van der Waals surface area (Å²) in [7, 11) is 0. The van der Waals surface area contributed by atoms with Gasteiger partial charge >= 0.3 is 11.9 Å². The number of benzene rings is 1. The molecule has 0 radical (unpaired) electrons. The summed E-state index contributed by atoms with van der Waals surface area (Å²) in [6.07, 6.45) is -0.565. The highest BCUT2D eigenvalue weighted by Gasteiger charge is 2.30. The van der Waals surface area contributed by atoms with Gasteiger partial charge in [-0.05, 0) is 18.2 Å².